The highest BCUT2D eigenvalue weighted by molar-refractivity contribution is 5.90. The maximum absolute atomic E-state index is 12.1. The molecule has 3 rings (SSSR count). The number of rotatable bonds is 6. The molecule has 0 aliphatic carbocycles. The smallest absolute Gasteiger partial charge is 0.319 e. The van der Waals surface area contributed by atoms with Gasteiger partial charge in [-0.25, -0.2) is 14.5 Å². The number of carbonyl (C=O) groups excluding carboxylic acids is 1. The van der Waals surface area contributed by atoms with Gasteiger partial charge in [-0.1, -0.05) is 12.8 Å². The highest BCUT2D eigenvalue weighted by Crippen LogP contribution is 2.15. The second kappa shape index (κ2) is 9.17. The van der Waals surface area contributed by atoms with Crippen LogP contribution >= 0.6 is 0 Å². The number of amides is 2. The Morgan fingerprint density at radius 1 is 1.12 bits per heavy atom. The molecule has 0 atom stereocenters. The summed E-state index contributed by atoms with van der Waals surface area (Å²) in [5, 5.41) is 9.95. The number of hydrogen-bond donors (Lipinski definition) is 2. The molecule has 134 valence electrons. The highest BCUT2D eigenvalue weighted by atomic mass is 16.2. The number of pyridine rings is 1. The second-order valence-corrected chi connectivity index (χ2v) is 6.32. The van der Waals surface area contributed by atoms with Crippen LogP contribution in [0.15, 0.2) is 36.8 Å². The summed E-state index contributed by atoms with van der Waals surface area (Å²) < 4.78 is 1.63. The van der Waals surface area contributed by atoms with Gasteiger partial charge in [0.1, 0.15) is 0 Å². The molecule has 1 saturated heterocycles. The lowest BCUT2D eigenvalue weighted by molar-refractivity contribution is 0.249. The van der Waals surface area contributed by atoms with Gasteiger partial charge in [0.25, 0.3) is 0 Å². The molecule has 1 aliphatic heterocycles. The summed E-state index contributed by atoms with van der Waals surface area (Å²) in [6.07, 6.45) is 11.4. The lowest BCUT2D eigenvalue weighted by Crippen LogP contribution is -2.33. The van der Waals surface area contributed by atoms with E-state index in [0.29, 0.717) is 18.1 Å². The molecule has 1 fully saturated rings. The Hall–Kier alpha value is -2.41. The standard InChI is InChI=1S/C18H26N6O/c25-18(20-10-6-14-23-12-3-1-2-4-13-23)22-16-8-5-9-19-17(16)24-15-7-11-21-24/h5,7-9,11,15H,1-4,6,10,12-14H2,(H2,20,22,25). The van der Waals surface area contributed by atoms with Gasteiger partial charge in [-0.05, 0) is 57.1 Å². The van der Waals surface area contributed by atoms with E-state index in [9.17, 15) is 4.79 Å². The summed E-state index contributed by atoms with van der Waals surface area (Å²) in [6, 6.07) is 5.22. The van der Waals surface area contributed by atoms with Crippen molar-refractivity contribution in [3.8, 4) is 5.82 Å². The van der Waals surface area contributed by atoms with E-state index in [4.69, 9.17) is 0 Å². The number of carbonyl (C=O) groups is 1. The summed E-state index contributed by atoms with van der Waals surface area (Å²) in [4.78, 5) is 18.9. The monoisotopic (exact) mass is 342 g/mol. The molecule has 0 saturated carbocycles. The number of anilines is 1. The summed E-state index contributed by atoms with van der Waals surface area (Å²) in [7, 11) is 0. The van der Waals surface area contributed by atoms with Gasteiger partial charge >= 0.3 is 6.03 Å². The summed E-state index contributed by atoms with van der Waals surface area (Å²) in [5.41, 5.74) is 0.635. The van der Waals surface area contributed by atoms with E-state index in [2.05, 4.69) is 25.6 Å². The van der Waals surface area contributed by atoms with Gasteiger partial charge in [-0.15, -0.1) is 0 Å². The Labute approximate surface area is 148 Å². The van der Waals surface area contributed by atoms with Crippen molar-refractivity contribution < 1.29 is 4.79 Å². The van der Waals surface area contributed by atoms with Crippen LogP contribution in [0.3, 0.4) is 0 Å². The van der Waals surface area contributed by atoms with Crippen LogP contribution in [0.5, 0.6) is 0 Å². The Kier molecular flexibility index (Phi) is 6.39. The van der Waals surface area contributed by atoms with E-state index in [1.807, 2.05) is 12.1 Å². The molecule has 2 amide bonds. The van der Waals surface area contributed by atoms with Crippen LogP contribution in [-0.4, -0.2) is 51.9 Å². The third kappa shape index (κ3) is 5.29. The van der Waals surface area contributed by atoms with E-state index < -0.39 is 0 Å². The van der Waals surface area contributed by atoms with Gasteiger partial charge in [0.2, 0.25) is 0 Å². The molecule has 2 aromatic rings. The fraction of sp³-hybridized carbons (Fsp3) is 0.500. The van der Waals surface area contributed by atoms with Crippen molar-refractivity contribution >= 4 is 11.7 Å². The first-order valence-electron chi connectivity index (χ1n) is 9.05. The predicted octanol–water partition coefficient (Wildman–Crippen LogP) is 2.65. The van der Waals surface area contributed by atoms with Crippen LogP contribution in [0.1, 0.15) is 32.1 Å². The Bertz CT molecular complexity index is 649. The first-order valence-corrected chi connectivity index (χ1v) is 9.05. The zero-order valence-corrected chi connectivity index (χ0v) is 14.5. The van der Waals surface area contributed by atoms with Crippen LogP contribution in [0, 0.1) is 0 Å². The van der Waals surface area contributed by atoms with Gasteiger partial charge < -0.3 is 15.5 Å². The largest absolute Gasteiger partial charge is 0.338 e. The van der Waals surface area contributed by atoms with Gasteiger partial charge in [0.05, 0.1) is 5.69 Å². The normalized spacial score (nSPS) is 15.5. The molecule has 7 heteroatoms. The first kappa shape index (κ1) is 17.4. The quantitative estimate of drug-likeness (QED) is 0.792. The highest BCUT2D eigenvalue weighted by Gasteiger charge is 2.10. The third-order valence-electron chi connectivity index (χ3n) is 4.39. The Balaban J connectivity index is 1.44. The number of hydrogen-bond acceptors (Lipinski definition) is 4. The van der Waals surface area contributed by atoms with Crippen molar-refractivity contribution in [1.82, 2.24) is 25.0 Å². The van der Waals surface area contributed by atoms with Gasteiger partial charge in [-0.3, -0.25) is 0 Å². The molecule has 3 heterocycles. The minimum Gasteiger partial charge on any atom is -0.338 e. The maximum Gasteiger partial charge on any atom is 0.319 e. The van der Waals surface area contributed by atoms with Gasteiger partial charge in [0, 0.05) is 25.1 Å². The Morgan fingerprint density at radius 3 is 2.72 bits per heavy atom. The number of nitrogens with zero attached hydrogens (tertiary/aromatic N) is 4. The van der Waals surface area contributed by atoms with Crippen molar-refractivity contribution in [1.29, 1.82) is 0 Å². The Morgan fingerprint density at radius 2 is 1.96 bits per heavy atom. The minimum absolute atomic E-state index is 0.211. The SMILES string of the molecule is O=C(NCCCN1CCCCCC1)Nc1cccnc1-n1cccn1. The van der Waals surface area contributed by atoms with E-state index in [1.165, 1.54) is 38.8 Å². The molecule has 7 nitrogen and oxygen atoms in total. The minimum atomic E-state index is -0.211. The molecule has 25 heavy (non-hydrogen) atoms. The third-order valence-corrected chi connectivity index (χ3v) is 4.39. The molecular formula is C18H26N6O. The molecule has 0 radical (unpaired) electrons. The number of aromatic nitrogens is 3. The molecule has 0 bridgehead atoms. The van der Waals surface area contributed by atoms with Crippen molar-refractivity contribution in [3.63, 3.8) is 0 Å². The van der Waals surface area contributed by atoms with E-state index >= 15 is 0 Å². The fourth-order valence-electron chi connectivity index (χ4n) is 3.10. The first-order chi connectivity index (χ1) is 12.3. The van der Waals surface area contributed by atoms with E-state index in [-0.39, 0.29) is 6.03 Å². The lowest BCUT2D eigenvalue weighted by atomic mass is 10.2. The lowest BCUT2D eigenvalue weighted by Gasteiger charge is -2.19. The number of likely N-dealkylation sites (tertiary alicyclic amines) is 1. The summed E-state index contributed by atoms with van der Waals surface area (Å²) in [5.74, 6) is 0.604. The molecule has 2 aromatic heterocycles. The number of nitrogens with one attached hydrogen (secondary N) is 2. The van der Waals surface area contributed by atoms with Crippen LogP contribution in [-0.2, 0) is 0 Å². The molecule has 0 aromatic carbocycles. The average molecular weight is 342 g/mol. The van der Waals surface area contributed by atoms with Crippen LogP contribution < -0.4 is 10.6 Å². The second-order valence-electron chi connectivity index (χ2n) is 6.32. The predicted molar refractivity (Wildman–Crippen MR) is 97.9 cm³/mol. The molecule has 0 unspecified atom stereocenters. The van der Waals surface area contributed by atoms with Crippen molar-refractivity contribution in [2.75, 3.05) is 31.5 Å². The van der Waals surface area contributed by atoms with Crippen LogP contribution in [0.4, 0.5) is 10.5 Å². The zero-order chi connectivity index (χ0) is 17.3. The number of urea groups is 1. The van der Waals surface area contributed by atoms with Crippen LogP contribution in [0.25, 0.3) is 5.82 Å². The molecule has 0 spiro atoms. The summed E-state index contributed by atoms with van der Waals surface area (Å²) in [6.45, 7) is 4.09. The van der Waals surface area contributed by atoms with Crippen LogP contribution in [0.2, 0.25) is 0 Å². The van der Waals surface area contributed by atoms with E-state index in [1.54, 1.807) is 29.3 Å². The molecule has 1 aliphatic rings. The molecule has 2 N–H and O–H groups in total. The van der Waals surface area contributed by atoms with Crippen molar-refractivity contribution in [3.05, 3.63) is 36.8 Å². The van der Waals surface area contributed by atoms with Crippen molar-refractivity contribution in [2.24, 2.45) is 0 Å². The zero-order valence-electron chi connectivity index (χ0n) is 14.5. The van der Waals surface area contributed by atoms with Gasteiger partial charge in [0.15, 0.2) is 5.82 Å². The van der Waals surface area contributed by atoms with Crippen molar-refractivity contribution in [2.45, 2.75) is 32.1 Å². The fourth-order valence-corrected chi connectivity index (χ4v) is 3.10. The van der Waals surface area contributed by atoms with E-state index in [0.717, 1.165) is 13.0 Å². The molecular weight excluding hydrogens is 316 g/mol. The summed E-state index contributed by atoms with van der Waals surface area (Å²) >= 11 is 0. The van der Waals surface area contributed by atoms with Gasteiger partial charge in [-0.2, -0.15) is 5.10 Å². The maximum atomic E-state index is 12.1. The topological polar surface area (TPSA) is 75.1 Å². The average Bonchev–Trinajstić information content (AvgIpc) is 3.03.